The highest BCUT2D eigenvalue weighted by Gasteiger charge is 2.25. The lowest BCUT2D eigenvalue weighted by Gasteiger charge is -2.38. The number of hydrogen-bond acceptors (Lipinski definition) is 4. The highest BCUT2D eigenvalue weighted by Crippen LogP contribution is 2.27. The molecular weight excluding hydrogens is 390 g/mol. The Morgan fingerprint density at radius 3 is 2.38 bits per heavy atom. The maximum absolute atomic E-state index is 12.4. The van der Waals surface area contributed by atoms with Gasteiger partial charge < -0.3 is 15.0 Å². The largest absolute Gasteiger partial charge is 0.445 e. The second-order valence-corrected chi connectivity index (χ2v) is 7.44. The highest BCUT2D eigenvalue weighted by molar-refractivity contribution is 6.31. The summed E-state index contributed by atoms with van der Waals surface area (Å²) < 4.78 is 5.13. The minimum Gasteiger partial charge on any atom is -0.445 e. The Bertz CT molecular complexity index is 823. The summed E-state index contributed by atoms with van der Waals surface area (Å²) in [4.78, 5) is 28.3. The molecule has 0 saturated carbocycles. The third-order valence-electron chi connectivity index (χ3n) is 5.17. The van der Waals surface area contributed by atoms with Crippen molar-refractivity contribution in [2.24, 2.45) is 0 Å². The van der Waals surface area contributed by atoms with Crippen LogP contribution < -0.4 is 5.32 Å². The second-order valence-electron chi connectivity index (χ2n) is 7.03. The van der Waals surface area contributed by atoms with Gasteiger partial charge in [0, 0.05) is 37.2 Å². The standard InChI is InChI=1S/C22H26ClN3O3/c1-17(19-9-5-6-10-20(19)23)25-11-13-26(14-12-25)21(27)15-24-22(28)29-16-18-7-3-2-4-8-18/h2-10,17H,11-16H2,1H3,(H,24,28). The van der Waals surface area contributed by atoms with Crippen molar-refractivity contribution >= 4 is 23.6 Å². The van der Waals surface area contributed by atoms with Crippen LogP contribution in [0.1, 0.15) is 24.1 Å². The average molecular weight is 416 g/mol. The van der Waals surface area contributed by atoms with Gasteiger partial charge in [-0.15, -0.1) is 0 Å². The average Bonchev–Trinajstić information content (AvgIpc) is 2.76. The number of carbonyl (C=O) groups is 2. The number of ether oxygens (including phenoxy) is 1. The van der Waals surface area contributed by atoms with Crippen LogP contribution in [0, 0.1) is 0 Å². The van der Waals surface area contributed by atoms with E-state index in [4.69, 9.17) is 16.3 Å². The van der Waals surface area contributed by atoms with Crippen molar-refractivity contribution in [3.63, 3.8) is 0 Å². The number of benzene rings is 2. The first-order valence-corrected chi connectivity index (χ1v) is 10.1. The number of rotatable bonds is 6. The third-order valence-corrected chi connectivity index (χ3v) is 5.51. The van der Waals surface area contributed by atoms with Gasteiger partial charge in [-0.25, -0.2) is 4.79 Å². The number of halogens is 1. The first-order valence-electron chi connectivity index (χ1n) is 9.75. The van der Waals surface area contributed by atoms with Crippen molar-refractivity contribution in [1.29, 1.82) is 0 Å². The molecule has 1 heterocycles. The lowest BCUT2D eigenvalue weighted by atomic mass is 10.1. The quantitative estimate of drug-likeness (QED) is 0.784. The molecule has 3 rings (SSSR count). The molecule has 0 aliphatic carbocycles. The molecule has 1 aliphatic rings. The molecule has 154 valence electrons. The van der Waals surface area contributed by atoms with Gasteiger partial charge in [0.05, 0.1) is 0 Å². The van der Waals surface area contributed by atoms with Crippen LogP contribution in [0.5, 0.6) is 0 Å². The number of amides is 2. The summed E-state index contributed by atoms with van der Waals surface area (Å²) in [5, 5.41) is 3.29. The van der Waals surface area contributed by atoms with Crippen LogP contribution in [0.15, 0.2) is 54.6 Å². The lowest BCUT2D eigenvalue weighted by molar-refractivity contribution is -0.132. The maximum Gasteiger partial charge on any atom is 0.407 e. The van der Waals surface area contributed by atoms with Crippen LogP contribution in [0.25, 0.3) is 0 Å². The SMILES string of the molecule is CC(c1ccccc1Cl)N1CCN(C(=O)CNC(=O)OCc2ccccc2)CC1. The molecule has 29 heavy (non-hydrogen) atoms. The summed E-state index contributed by atoms with van der Waals surface area (Å²) in [7, 11) is 0. The van der Waals surface area contributed by atoms with Crippen molar-refractivity contribution in [1.82, 2.24) is 15.1 Å². The van der Waals surface area contributed by atoms with Crippen LogP contribution in [-0.4, -0.2) is 54.5 Å². The van der Waals surface area contributed by atoms with E-state index in [1.165, 1.54) is 0 Å². The maximum atomic E-state index is 12.4. The lowest BCUT2D eigenvalue weighted by Crippen LogP contribution is -2.51. The molecule has 2 aromatic carbocycles. The fraction of sp³-hybridized carbons (Fsp3) is 0.364. The van der Waals surface area contributed by atoms with Gasteiger partial charge in [-0.3, -0.25) is 9.69 Å². The Hall–Kier alpha value is -2.57. The summed E-state index contributed by atoms with van der Waals surface area (Å²) in [5.41, 5.74) is 1.99. The van der Waals surface area contributed by atoms with Crippen LogP contribution in [0.4, 0.5) is 4.79 Å². The zero-order valence-electron chi connectivity index (χ0n) is 16.5. The van der Waals surface area contributed by atoms with Gasteiger partial charge in [-0.1, -0.05) is 60.1 Å². The Morgan fingerprint density at radius 1 is 1.03 bits per heavy atom. The first kappa shape index (κ1) is 21.1. The number of nitrogens with zero attached hydrogens (tertiary/aromatic N) is 2. The van der Waals surface area contributed by atoms with E-state index < -0.39 is 6.09 Å². The van der Waals surface area contributed by atoms with Crippen molar-refractivity contribution in [2.45, 2.75) is 19.6 Å². The van der Waals surface area contributed by atoms with Crippen LogP contribution in [-0.2, 0) is 16.1 Å². The smallest absolute Gasteiger partial charge is 0.407 e. The highest BCUT2D eigenvalue weighted by atomic mass is 35.5. The summed E-state index contributed by atoms with van der Waals surface area (Å²) in [6.45, 7) is 5.01. The molecule has 0 bridgehead atoms. The number of alkyl carbamates (subject to hydrolysis) is 1. The molecule has 1 N–H and O–H groups in total. The molecule has 7 heteroatoms. The van der Waals surface area contributed by atoms with Gasteiger partial charge in [0.1, 0.15) is 13.2 Å². The fourth-order valence-corrected chi connectivity index (χ4v) is 3.70. The zero-order chi connectivity index (χ0) is 20.6. The molecule has 1 saturated heterocycles. The molecular formula is C22H26ClN3O3. The van der Waals surface area contributed by atoms with Crippen molar-refractivity contribution in [3.8, 4) is 0 Å². The molecule has 1 atom stereocenters. The molecule has 0 radical (unpaired) electrons. The topological polar surface area (TPSA) is 61.9 Å². The van der Waals surface area contributed by atoms with Gasteiger partial charge in [-0.05, 0) is 24.1 Å². The van der Waals surface area contributed by atoms with E-state index in [-0.39, 0.29) is 25.1 Å². The normalized spacial score (nSPS) is 15.6. The molecule has 1 aliphatic heterocycles. The van der Waals surface area contributed by atoms with E-state index >= 15 is 0 Å². The van der Waals surface area contributed by atoms with E-state index in [2.05, 4.69) is 17.1 Å². The van der Waals surface area contributed by atoms with E-state index in [0.29, 0.717) is 13.1 Å². The predicted molar refractivity (Wildman–Crippen MR) is 113 cm³/mol. The van der Waals surface area contributed by atoms with E-state index in [9.17, 15) is 9.59 Å². The van der Waals surface area contributed by atoms with Crippen LogP contribution >= 0.6 is 11.6 Å². The molecule has 1 fully saturated rings. The minimum atomic E-state index is -0.590. The monoisotopic (exact) mass is 415 g/mol. The molecule has 2 amide bonds. The minimum absolute atomic E-state index is 0.0618. The van der Waals surface area contributed by atoms with E-state index in [1.54, 1.807) is 4.90 Å². The van der Waals surface area contributed by atoms with Crippen LogP contribution in [0.3, 0.4) is 0 Å². The molecule has 0 aromatic heterocycles. The van der Waals surface area contributed by atoms with Gasteiger partial charge in [-0.2, -0.15) is 0 Å². The Morgan fingerprint density at radius 2 is 1.69 bits per heavy atom. The van der Waals surface area contributed by atoms with E-state index in [1.807, 2.05) is 54.6 Å². The second kappa shape index (κ2) is 10.3. The van der Waals surface area contributed by atoms with E-state index in [0.717, 1.165) is 29.2 Å². The molecule has 2 aromatic rings. The zero-order valence-corrected chi connectivity index (χ0v) is 17.3. The summed E-state index contributed by atoms with van der Waals surface area (Å²) >= 11 is 6.31. The Balaban J connectivity index is 1.39. The van der Waals surface area contributed by atoms with Crippen molar-refractivity contribution < 1.29 is 14.3 Å². The number of nitrogens with one attached hydrogen (secondary N) is 1. The molecule has 0 spiro atoms. The molecule has 1 unspecified atom stereocenters. The summed E-state index contributed by atoms with van der Waals surface area (Å²) in [5.74, 6) is -0.105. The number of piperazine rings is 1. The Labute approximate surface area is 176 Å². The van der Waals surface area contributed by atoms with Gasteiger partial charge >= 0.3 is 6.09 Å². The summed E-state index contributed by atoms with van der Waals surface area (Å²) in [6, 6.07) is 17.4. The first-order chi connectivity index (χ1) is 14.0. The van der Waals surface area contributed by atoms with Gasteiger partial charge in [0.25, 0.3) is 0 Å². The Kier molecular flexibility index (Phi) is 7.49. The van der Waals surface area contributed by atoms with Gasteiger partial charge in [0.15, 0.2) is 0 Å². The van der Waals surface area contributed by atoms with Crippen LogP contribution in [0.2, 0.25) is 5.02 Å². The van der Waals surface area contributed by atoms with Gasteiger partial charge in [0.2, 0.25) is 5.91 Å². The number of carbonyl (C=O) groups excluding carboxylic acids is 2. The third kappa shape index (κ3) is 5.95. The number of hydrogen-bond donors (Lipinski definition) is 1. The van der Waals surface area contributed by atoms with Crippen molar-refractivity contribution in [2.75, 3.05) is 32.7 Å². The summed E-state index contributed by atoms with van der Waals surface area (Å²) in [6.07, 6.45) is -0.590. The molecule has 6 nitrogen and oxygen atoms in total. The fourth-order valence-electron chi connectivity index (χ4n) is 3.40. The van der Waals surface area contributed by atoms with Crippen molar-refractivity contribution in [3.05, 3.63) is 70.7 Å². The predicted octanol–water partition coefficient (Wildman–Crippen LogP) is 3.47.